The van der Waals surface area contributed by atoms with Gasteiger partial charge in [0.05, 0.1) is 16.5 Å². The third kappa shape index (κ3) is 3.85. The van der Waals surface area contributed by atoms with E-state index in [0.29, 0.717) is 16.1 Å². The molecule has 3 N–H and O–H groups in total. The SMILES string of the molecule is CCC1(c2cc(-c3ccc(S(=O)(=O)N(C)C)s3)cc(C(F)(F)F)c2)C(C#N)=C(N)Oc2n[nH]c(C)c21. The molecule has 13 heteroatoms. The van der Waals surface area contributed by atoms with E-state index in [2.05, 4.69) is 10.2 Å². The first-order chi connectivity index (χ1) is 16.8. The minimum Gasteiger partial charge on any atom is -0.420 e. The molecule has 1 unspecified atom stereocenters. The van der Waals surface area contributed by atoms with Gasteiger partial charge in [0, 0.05) is 24.7 Å². The predicted molar refractivity (Wildman–Crippen MR) is 127 cm³/mol. The van der Waals surface area contributed by atoms with Crippen molar-refractivity contribution in [2.24, 2.45) is 5.73 Å². The molecule has 0 aliphatic carbocycles. The maximum Gasteiger partial charge on any atom is 0.416 e. The van der Waals surface area contributed by atoms with Crippen molar-refractivity contribution in [3.8, 4) is 22.4 Å². The maximum absolute atomic E-state index is 14.1. The van der Waals surface area contributed by atoms with E-state index in [9.17, 15) is 26.9 Å². The molecule has 0 radical (unpaired) electrons. The number of halogens is 3. The Balaban J connectivity index is 2.04. The van der Waals surface area contributed by atoms with Crippen LogP contribution in [0.4, 0.5) is 13.2 Å². The van der Waals surface area contributed by atoms with Crippen LogP contribution in [0.15, 0.2) is 46.0 Å². The highest BCUT2D eigenvalue weighted by molar-refractivity contribution is 7.91. The third-order valence-electron chi connectivity index (χ3n) is 6.22. The van der Waals surface area contributed by atoms with Crippen LogP contribution in [0, 0.1) is 18.3 Å². The Morgan fingerprint density at radius 1 is 1.28 bits per heavy atom. The van der Waals surface area contributed by atoms with E-state index in [-0.39, 0.29) is 39.1 Å². The van der Waals surface area contributed by atoms with Crippen LogP contribution in [-0.2, 0) is 21.6 Å². The molecule has 0 bridgehead atoms. The number of allylic oxidation sites excluding steroid dienone is 1. The highest BCUT2D eigenvalue weighted by atomic mass is 32.2. The van der Waals surface area contributed by atoms with Crippen molar-refractivity contribution >= 4 is 21.4 Å². The molecule has 1 aromatic carbocycles. The molecular formula is C23H22F3N5O3S2. The number of aromatic amines is 1. The van der Waals surface area contributed by atoms with Crippen LogP contribution >= 0.6 is 11.3 Å². The minimum atomic E-state index is -4.71. The summed E-state index contributed by atoms with van der Waals surface area (Å²) >= 11 is 0.858. The topological polar surface area (TPSA) is 125 Å². The van der Waals surface area contributed by atoms with Gasteiger partial charge in [0.25, 0.3) is 10.0 Å². The number of aromatic nitrogens is 2. The lowest BCUT2D eigenvalue weighted by Gasteiger charge is -2.37. The molecule has 0 amide bonds. The van der Waals surface area contributed by atoms with Gasteiger partial charge in [0.15, 0.2) is 0 Å². The second-order valence-corrected chi connectivity index (χ2v) is 11.9. The zero-order chi connectivity index (χ0) is 26.6. The summed E-state index contributed by atoms with van der Waals surface area (Å²) in [5.41, 5.74) is 4.94. The fourth-order valence-corrected chi connectivity index (χ4v) is 6.91. The zero-order valence-electron chi connectivity index (χ0n) is 19.7. The fraction of sp³-hybridized carbons (Fsp3) is 0.304. The van der Waals surface area contributed by atoms with Gasteiger partial charge in [-0.15, -0.1) is 16.4 Å². The molecule has 36 heavy (non-hydrogen) atoms. The smallest absolute Gasteiger partial charge is 0.416 e. The lowest BCUT2D eigenvalue weighted by molar-refractivity contribution is -0.137. The van der Waals surface area contributed by atoms with Crippen molar-refractivity contribution in [2.45, 2.75) is 36.1 Å². The number of nitrogens with zero attached hydrogens (tertiary/aromatic N) is 3. The van der Waals surface area contributed by atoms with Crippen molar-refractivity contribution in [2.75, 3.05) is 14.1 Å². The van der Waals surface area contributed by atoms with Gasteiger partial charge in [-0.3, -0.25) is 5.10 Å². The number of benzene rings is 1. The summed E-state index contributed by atoms with van der Waals surface area (Å²) < 4.78 is 73.9. The number of fused-ring (bicyclic) bond motifs is 1. The molecule has 2 aromatic heterocycles. The van der Waals surface area contributed by atoms with E-state index in [1.807, 2.05) is 6.07 Å². The van der Waals surface area contributed by atoms with Gasteiger partial charge in [-0.05, 0) is 54.8 Å². The molecule has 0 spiro atoms. The molecule has 3 heterocycles. The van der Waals surface area contributed by atoms with Crippen molar-refractivity contribution in [1.82, 2.24) is 14.5 Å². The molecule has 4 rings (SSSR count). The summed E-state index contributed by atoms with van der Waals surface area (Å²) in [5.74, 6) is -0.159. The number of aryl methyl sites for hydroxylation is 1. The summed E-state index contributed by atoms with van der Waals surface area (Å²) in [6, 6.07) is 8.34. The van der Waals surface area contributed by atoms with Gasteiger partial charge in [0.2, 0.25) is 11.8 Å². The van der Waals surface area contributed by atoms with E-state index in [1.165, 1.54) is 32.3 Å². The molecule has 1 aliphatic heterocycles. The van der Waals surface area contributed by atoms with E-state index < -0.39 is 27.2 Å². The fourth-order valence-electron chi connectivity index (χ4n) is 4.44. The monoisotopic (exact) mass is 537 g/mol. The van der Waals surface area contributed by atoms with Gasteiger partial charge in [-0.2, -0.15) is 18.4 Å². The van der Waals surface area contributed by atoms with Gasteiger partial charge in [0.1, 0.15) is 15.9 Å². The van der Waals surface area contributed by atoms with Crippen LogP contribution in [0.3, 0.4) is 0 Å². The van der Waals surface area contributed by atoms with E-state index in [4.69, 9.17) is 10.5 Å². The maximum atomic E-state index is 14.1. The first-order valence-corrected chi connectivity index (χ1v) is 12.9. The number of nitrogens with one attached hydrogen (secondary N) is 1. The van der Waals surface area contributed by atoms with Gasteiger partial charge in [-0.25, -0.2) is 12.7 Å². The highest BCUT2D eigenvalue weighted by Gasteiger charge is 2.48. The molecule has 190 valence electrons. The molecule has 3 aromatic rings. The zero-order valence-corrected chi connectivity index (χ0v) is 21.3. The number of nitriles is 1. The first-order valence-electron chi connectivity index (χ1n) is 10.7. The molecule has 0 saturated carbocycles. The Hall–Kier alpha value is -3.34. The predicted octanol–water partition coefficient (Wildman–Crippen LogP) is 4.50. The van der Waals surface area contributed by atoms with Crippen LogP contribution in [0.5, 0.6) is 5.88 Å². The summed E-state index contributed by atoms with van der Waals surface area (Å²) in [6.45, 7) is 3.42. The number of H-pyrrole nitrogens is 1. The Kier molecular flexibility index (Phi) is 6.19. The minimum absolute atomic E-state index is 0.00690. The van der Waals surface area contributed by atoms with Crippen molar-refractivity contribution in [1.29, 1.82) is 5.26 Å². The molecular weight excluding hydrogens is 515 g/mol. The van der Waals surface area contributed by atoms with Crippen LogP contribution in [0.2, 0.25) is 0 Å². The van der Waals surface area contributed by atoms with Crippen LogP contribution < -0.4 is 10.5 Å². The van der Waals surface area contributed by atoms with Crippen molar-refractivity contribution in [3.05, 3.63) is 64.2 Å². The van der Waals surface area contributed by atoms with E-state index in [0.717, 1.165) is 27.8 Å². The molecule has 8 nitrogen and oxygen atoms in total. The van der Waals surface area contributed by atoms with Crippen LogP contribution in [0.1, 0.15) is 35.7 Å². The number of sulfonamides is 1. The highest BCUT2D eigenvalue weighted by Crippen LogP contribution is 2.52. The van der Waals surface area contributed by atoms with Crippen molar-refractivity contribution < 1.29 is 26.3 Å². The standard InChI is InChI=1S/C23H22F3N5O3S2/c1-5-22(16(11-27)20(28)34-21-19(22)12(2)29-30-21)14-8-13(9-15(10-14)23(24,25)26)17-6-7-18(35-17)36(32,33)31(3)4/h6-10H,5,28H2,1-4H3,(H,29,30). The number of rotatable bonds is 5. The molecule has 0 saturated heterocycles. The summed E-state index contributed by atoms with van der Waals surface area (Å²) in [6.07, 6.45) is -4.53. The lowest BCUT2D eigenvalue weighted by Crippen LogP contribution is -2.36. The quantitative estimate of drug-likeness (QED) is 0.494. The number of hydrogen-bond donors (Lipinski definition) is 2. The Morgan fingerprint density at radius 2 is 1.97 bits per heavy atom. The van der Waals surface area contributed by atoms with Crippen LogP contribution in [0.25, 0.3) is 10.4 Å². The van der Waals surface area contributed by atoms with Gasteiger partial charge in [-0.1, -0.05) is 6.92 Å². The van der Waals surface area contributed by atoms with E-state index >= 15 is 0 Å². The number of ether oxygens (including phenoxy) is 1. The number of nitrogens with two attached hydrogens (primary N) is 1. The summed E-state index contributed by atoms with van der Waals surface area (Å²) in [5, 5.41) is 16.9. The average molecular weight is 538 g/mol. The molecule has 1 aliphatic rings. The Bertz CT molecular complexity index is 1530. The largest absolute Gasteiger partial charge is 0.420 e. The third-order valence-corrected chi connectivity index (χ3v) is 9.63. The van der Waals surface area contributed by atoms with Crippen molar-refractivity contribution in [3.63, 3.8) is 0 Å². The Morgan fingerprint density at radius 3 is 2.56 bits per heavy atom. The average Bonchev–Trinajstić information content (AvgIpc) is 3.45. The number of hydrogen-bond acceptors (Lipinski definition) is 7. The second kappa shape index (κ2) is 8.65. The normalized spacial score (nSPS) is 18.2. The second-order valence-electron chi connectivity index (χ2n) is 8.44. The summed E-state index contributed by atoms with van der Waals surface area (Å²) in [4.78, 5) is 0.320. The number of thiophene rings is 1. The Labute approximate surface area is 209 Å². The van der Waals surface area contributed by atoms with Gasteiger partial charge < -0.3 is 10.5 Å². The van der Waals surface area contributed by atoms with E-state index in [1.54, 1.807) is 13.8 Å². The van der Waals surface area contributed by atoms with Crippen LogP contribution in [-0.4, -0.2) is 37.0 Å². The molecule has 1 atom stereocenters. The van der Waals surface area contributed by atoms with Gasteiger partial charge >= 0.3 is 6.18 Å². The first kappa shape index (κ1) is 25.7. The summed E-state index contributed by atoms with van der Waals surface area (Å²) in [7, 11) is -1.03. The number of alkyl halides is 3. The molecule has 0 fully saturated rings. The lowest BCUT2D eigenvalue weighted by atomic mass is 9.66.